The van der Waals surface area contributed by atoms with E-state index < -0.39 is 10.0 Å². The molecule has 102 valence electrons. The van der Waals surface area contributed by atoms with Crippen molar-refractivity contribution in [1.82, 2.24) is 10.2 Å². The van der Waals surface area contributed by atoms with Gasteiger partial charge in [-0.05, 0) is 23.6 Å². The van der Waals surface area contributed by atoms with Crippen molar-refractivity contribution in [2.75, 3.05) is 4.72 Å². The van der Waals surface area contributed by atoms with Crippen molar-refractivity contribution >= 4 is 42.4 Å². The number of benzene rings is 2. The number of aromatic amines is 1. The van der Waals surface area contributed by atoms with Crippen LogP contribution in [0.25, 0.3) is 10.8 Å². The quantitative estimate of drug-likeness (QED) is 0.761. The molecule has 0 unspecified atom stereocenters. The van der Waals surface area contributed by atoms with Gasteiger partial charge in [-0.2, -0.15) is 13.5 Å². The molecule has 0 fully saturated rings. The van der Waals surface area contributed by atoms with Crippen molar-refractivity contribution in [2.45, 2.75) is 5.03 Å². The van der Waals surface area contributed by atoms with Crippen LogP contribution in [0.3, 0.4) is 0 Å². The van der Waals surface area contributed by atoms with Gasteiger partial charge in [0.1, 0.15) is 0 Å². The summed E-state index contributed by atoms with van der Waals surface area (Å²) in [5.74, 6) is 0. The topological polar surface area (TPSA) is 74.8 Å². The van der Waals surface area contributed by atoms with Gasteiger partial charge in [-0.1, -0.05) is 40.2 Å². The molecule has 0 atom stereocenters. The normalized spacial score (nSPS) is 11.7. The first-order valence-electron chi connectivity index (χ1n) is 5.77. The lowest BCUT2D eigenvalue weighted by molar-refractivity contribution is 0.597. The van der Waals surface area contributed by atoms with Crippen molar-refractivity contribution in [2.24, 2.45) is 0 Å². The summed E-state index contributed by atoms with van der Waals surface area (Å²) in [4.78, 5) is 0. The minimum Gasteiger partial charge on any atom is -0.278 e. The van der Waals surface area contributed by atoms with Gasteiger partial charge in [0.25, 0.3) is 10.0 Å². The number of fused-ring (bicyclic) bond motifs is 1. The van der Waals surface area contributed by atoms with Crippen LogP contribution in [0.2, 0.25) is 0 Å². The molecule has 0 saturated carbocycles. The summed E-state index contributed by atoms with van der Waals surface area (Å²) >= 11 is 3.46. The molecule has 0 radical (unpaired) electrons. The number of halogens is 1. The predicted molar refractivity (Wildman–Crippen MR) is 81.0 cm³/mol. The zero-order valence-electron chi connectivity index (χ0n) is 10.2. The molecule has 20 heavy (non-hydrogen) atoms. The van der Waals surface area contributed by atoms with E-state index in [0.29, 0.717) is 5.69 Å². The fourth-order valence-corrected chi connectivity index (χ4v) is 3.41. The van der Waals surface area contributed by atoms with Crippen molar-refractivity contribution in [3.05, 3.63) is 53.1 Å². The largest absolute Gasteiger partial charge is 0.278 e. The van der Waals surface area contributed by atoms with Gasteiger partial charge in [-0.25, -0.2) is 0 Å². The summed E-state index contributed by atoms with van der Waals surface area (Å²) in [5, 5.41) is 7.90. The van der Waals surface area contributed by atoms with Gasteiger partial charge >= 0.3 is 0 Å². The van der Waals surface area contributed by atoms with E-state index in [9.17, 15) is 8.42 Å². The van der Waals surface area contributed by atoms with Crippen molar-refractivity contribution in [3.8, 4) is 0 Å². The van der Waals surface area contributed by atoms with E-state index in [-0.39, 0.29) is 5.03 Å². The van der Waals surface area contributed by atoms with Gasteiger partial charge in [0.15, 0.2) is 5.03 Å². The standard InChI is InChI=1S/C13H10BrN3O2S/c14-11-5-6-12(10-4-2-1-3-9(10)11)17-20(18,19)13-7-8-15-16-13/h1-8,17H,(H,15,16). The van der Waals surface area contributed by atoms with E-state index in [1.807, 2.05) is 30.3 Å². The van der Waals surface area contributed by atoms with E-state index in [0.717, 1.165) is 15.2 Å². The molecule has 0 spiro atoms. The summed E-state index contributed by atoms with van der Waals surface area (Å²) in [5.41, 5.74) is 0.526. The number of nitrogens with one attached hydrogen (secondary N) is 2. The Morgan fingerprint density at radius 2 is 1.80 bits per heavy atom. The summed E-state index contributed by atoms with van der Waals surface area (Å²) in [6.45, 7) is 0. The highest BCUT2D eigenvalue weighted by atomic mass is 79.9. The van der Waals surface area contributed by atoms with E-state index in [1.54, 1.807) is 6.07 Å². The molecule has 0 bridgehead atoms. The van der Waals surface area contributed by atoms with Crippen LogP contribution in [0.4, 0.5) is 5.69 Å². The van der Waals surface area contributed by atoms with Gasteiger partial charge in [0.2, 0.25) is 0 Å². The third-order valence-electron chi connectivity index (χ3n) is 2.88. The second-order valence-corrected chi connectivity index (χ2v) is 6.67. The second-order valence-electron chi connectivity index (χ2n) is 4.17. The average Bonchev–Trinajstić information content (AvgIpc) is 2.97. The first kappa shape index (κ1) is 13.1. The Balaban J connectivity index is 2.11. The minimum absolute atomic E-state index is 0.0319. The zero-order valence-corrected chi connectivity index (χ0v) is 12.6. The summed E-state index contributed by atoms with van der Waals surface area (Å²) in [6, 6.07) is 12.5. The number of hydrogen-bond acceptors (Lipinski definition) is 3. The molecule has 0 aliphatic heterocycles. The molecule has 0 aliphatic carbocycles. The Hall–Kier alpha value is -1.86. The molecule has 3 rings (SSSR count). The molecule has 3 aromatic rings. The Labute approximate surface area is 124 Å². The van der Waals surface area contributed by atoms with Crippen molar-refractivity contribution in [1.29, 1.82) is 0 Å². The maximum absolute atomic E-state index is 12.2. The molecule has 2 N–H and O–H groups in total. The third kappa shape index (κ3) is 2.30. The number of H-pyrrole nitrogens is 1. The number of sulfonamides is 1. The van der Waals surface area contributed by atoms with Gasteiger partial charge in [-0.3, -0.25) is 9.82 Å². The highest BCUT2D eigenvalue weighted by Crippen LogP contribution is 2.31. The van der Waals surface area contributed by atoms with Crippen LogP contribution in [0, 0.1) is 0 Å². The first-order valence-corrected chi connectivity index (χ1v) is 8.05. The average molecular weight is 352 g/mol. The minimum atomic E-state index is -3.66. The predicted octanol–water partition coefficient (Wildman–Crippen LogP) is 3.13. The van der Waals surface area contributed by atoms with E-state index in [2.05, 4.69) is 30.8 Å². The Bertz CT molecular complexity index is 860. The lowest BCUT2D eigenvalue weighted by Crippen LogP contribution is -2.13. The first-order chi connectivity index (χ1) is 9.58. The van der Waals surface area contributed by atoms with Crippen LogP contribution < -0.4 is 4.72 Å². The monoisotopic (exact) mass is 351 g/mol. The molecule has 2 aromatic carbocycles. The Morgan fingerprint density at radius 1 is 1.05 bits per heavy atom. The van der Waals surface area contributed by atoms with Gasteiger partial charge < -0.3 is 0 Å². The zero-order chi connectivity index (χ0) is 14.2. The van der Waals surface area contributed by atoms with Crippen LogP contribution in [-0.4, -0.2) is 18.6 Å². The lowest BCUT2D eigenvalue weighted by Gasteiger charge is -2.10. The maximum Gasteiger partial charge on any atom is 0.278 e. The third-order valence-corrected chi connectivity index (χ3v) is 4.87. The number of nitrogens with zero attached hydrogens (tertiary/aromatic N) is 1. The SMILES string of the molecule is O=S(=O)(Nc1ccc(Br)c2ccccc12)c1ccn[nH]1. The number of anilines is 1. The smallest absolute Gasteiger partial charge is 0.278 e. The van der Waals surface area contributed by atoms with Crippen molar-refractivity contribution < 1.29 is 8.42 Å². The molecular formula is C13H10BrN3O2S. The van der Waals surface area contributed by atoms with Crippen molar-refractivity contribution in [3.63, 3.8) is 0 Å². The molecule has 1 heterocycles. The van der Waals surface area contributed by atoms with Crippen LogP contribution in [0.5, 0.6) is 0 Å². The lowest BCUT2D eigenvalue weighted by atomic mass is 10.1. The summed E-state index contributed by atoms with van der Waals surface area (Å²) in [6.07, 6.45) is 1.40. The van der Waals surface area contributed by atoms with Gasteiger partial charge in [-0.15, -0.1) is 0 Å². The molecule has 1 aromatic heterocycles. The van der Waals surface area contributed by atoms with Gasteiger partial charge in [0.05, 0.1) is 11.9 Å². The van der Waals surface area contributed by atoms with Crippen LogP contribution >= 0.6 is 15.9 Å². The molecular weight excluding hydrogens is 342 g/mol. The molecule has 0 amide bonds. The highest BCUT2D eigenvalue weighted by Gasteiger charge is 2.17. The molecule has 0 aliphatic rings. The van der Waals surface area contributed by atoms with E-state index in [4.69, 9.17) is 0 Å². The fourth-order valence-electron chi connectivity index (χ4n) is 1.94. The van der Waals surface area contributed by atoms with Crippen LogP contribution in [0.1, 0.15) is 0 Å². The fraction of sp³-hybridized carbons (Fsp3) is 0. The molecule has 7 heteroatoms. The second kappa shape index (κ2) is 4.92. The Kier molecular flexibility index (Phi) is 3.23. The van der Waals surface area contributed by atoms with Gasteiger partial charge in [0, 0.05) is 9.86 Å². The van der Waals surface area contributed by atoms with E-state index >= 15 is 0 Å². The number of aromatic nitrogens is 2. The maximum atomic E-state index is 12.2. The molecule has 5 nitrogen and oxygen atoms in total. The number of rotatable bonds is 3. The number of hydrogen-bond donors (Lipinski definition) is 2. The summed E-state index contributed by atoms with van der Waals surface area (Å²) < 4.78 is 27.9. The van der Waals surface area contributed by atoms with Crippen LogP contribution in [-0.2, 0) is 10.0 Å². The molecule has 0 saturated heterocycles. The Morgan fingerprint density at radius 3 is 2.50 bits per heavy atom. The van der Waals surface area contributed by atoms with E-state index in [1.165, 1.54) is 12.3 Å². The van der Waals surface area contributed by atoms with Crippen LogP contribution in [0.15, 0.2) is 58.2 Å². The highest BCUT2D eigenvalue weighted by molar-refractivity contribution is 9.10. The summed E-state index contributed by atoms with van der Waals surface area (Å²) in [7, 11) is -3.66.